The molecule has 1 fully saturated rings. The summed E-state index contributed by atoms with van der Waals surface area (Å²) in [5, 5.41) is 4.65. The van der Waals surface area contributed by atoms with Gasteiger partial charge in [0.25, 0.3) is 11.8 Å². The van der Waals surface area contributed by atoms with Crippen molar-refractivity contribution in [2.24, 2.45) is 0 Å². The predicted octanol–water partition coefficient (Wildman–Crippen LogP) is 4.38. The Hall–Kier alpha value is -3.16. The fourth-order valence-electron chi connectivity index (χ4n) is 4.30. The summed E-state index contributed by atoms with van der Waals surface area (Å²) in [5.41, 5.74) is 1.27. The van der Waals surface area contributed by atoms with Crippen LogP contribution in [0.4, 0.5) is 10.6 Å². The molecule has 32 heavy (non-hydrogen) atoms. The number of likely N-dealkylation sites (tertiary alicyclic amines) is 1. The normalized spacial score (nSPS) is 17.3. The summed E-state index contributed by atoms with van der Waals surface area (Å²) in [6, 6.07) is 8.77. The third-order valence-electron chi connectivity index (χ3n) is 5.83. The molecule has 8 heteroatoms. The van der Waals surface area contributed by atoms with Gasteiger partial charge in [0.1, 0.15) is 5.60 Å². The molecule has 2 aromatic rings. The zero-order valence-electron chi connectivity index (χ0n) is 19.3. The molecule has 0 radical (unpaired) electrons. The fraction of sp³-hybridized carbons (Fsp3) is 0.500. The maximum atomic E-state index is 12.9. The maximum Gasteiger partial charge on any atom is 0.410 e. The second-order valence-electron chi connectivity index (χ2n) is 9.70. The third kappa shape index (κ3) is 4.01. The first-order valence-electron chi connectivity index (χ1n) is 11.1. The van der Waals surface area contributed by atoms with E-state index in [2.05, 4.69) is 5.10 Å². The summed E-state index contributed by atoms with van der Waals surface area (Å²) < 4.78 is 7.39. The Morgan fingerprint density at radius 1 is 1.06 bits per heavy atom. The minimum atomic E-state index is -0.522. The molecule has 0 saturated carbocycles. The van der Waals surface area contributed by atoms with Gasteiger partial charge in [0.05, 0.1) is 11.1 Å². The third-order valence-corrected chi connectivity index (χ3v) is 5.83. The van der Waals surface area contributed by atoms with Gasteiger partial charge in [-0.2, -0.15) is 5.10 Å². The van der Waals surface area contributed by atoms with Crippen molar-refractivity contribution in [3.05, 3.63) is 47.2 Å². The molecule has 3 heterocycles. The topological polar surface area (TPSA) is 84.7 Å². The lowest BCUT2D eigenvalue weighted by Gasteiger charge is -2.33. The van der Waals surface area contributed by atoms with Crippen LogP contribution in [-0.4, -0.2) is 51.3 Å². The van der Waals surface area contributed by atoms with Crippen molar-refractivity contribution in [2.45, 2.75) is 65.0 Å². The summed E-state index contributed by atoms with van der Waals surface area (Å²) in [4.78, 5) is 41.1. The van der Waals surface area contributed by atoms with Gasteiger partial charge >= 0.3 is 6.09 Å². The highest BCUT2D eigenvalue weighted by Gasteiger charge is 2.39. The number of rotatable bonds is 3. The number of imide groups is 1. The molecule has 0 spiro atoms. The number of ether oxygens (including phenoxy) is 1. The number of anilines is 1. The summed E-state index contributed by atoms with van der Waals surface area (Å²) >= 11 is 0. The van der Waals surface area contributed by atoms with Crippen molar-refractivity contribution < 1.29 is 19.1 Å². The van der Waals surface area contributed by atoms with Crippen molar-refractivity contribution in [2.75, 3.05) is 18.0 Å². The lowest BCUT2D eigenvalue weighted by Crippen LogP contribution is -2.41. The van der Waals surface area contributed by atoms with Gasteiger partial charge in [0.2, 0.25) is 0 Å². The van der Waals surface area contributed by atoms with E-state index in [0.29, 0.717) is 30.0 Å². The molecule has 0 unspecified atom stereocenters. The molecular weight excluding hydrogens is 408 g/mol. The molecule has 2 aliphatic rings. The first-order chi connectivity index (χ1) is 15.1. The number of aromatic nitrogens is 2. The lowest BCUT2D eigenvalue weighted by atomic mass is 9.93. The van der Waals surface area contributed by atoms with Gasteiger partial charge in [-0.15, -0.1) is 0 Å². The minimum absolute atomic E-state index is 0.0674. The van der Waals surface area contributed by atoms with Crippen LogP contribution >= 0.6 is 0 Å². The Kier molecular flexibility index (Phi) is 5.56. The molecule has 1 saturated heterocycles. The fourth-order valence-corrected chi connectivity index (χ4v) is 4.30. The second kappa shape index (κ2) is 8.07. The average Bonchev–Trinajstić information content (AvgIpc) is 3.27. The maximum absolute atomic E-state index is 12.9. The van der Waals surface area contributed by atoms with Gasteiger partial charge in [0.15, 0.2) is 5.82 Å². The van der Waals surface area contributed by atoms with E-state index in [1.165, 1.54) is 4.90 Å². The molecule has 8 nitrogen and oxygen atoms in total. The van der Waals surface area contributed by atoms with E-state index in [1.807, 2.05) is 45.4 Å². The van der Waals surface area contributed by atoms with Crippen molar-refractivity contribution in [1.29, 1.82) is 0 Å². The van der Waals surface area contributed by atoms with Crippen LogP contribution in [0.5, 0.6) is 0 Å². The van der Waals surface area contributed by atoms with E-state index in [0.717, 1.165) is 18.5 Å². The molecule has 4 rings (SSSR count). The number of carbonyl (C=O) groups excluding carboxylic acids is 3. The van der Waals surface area contributed by atoms with E-state index in [4.69, 9.17) is 4.74 Å². The summed E-state index contributed by atoms with van der Waals surface area (Å²) in [5.74, 6) is -0.155. The largest absolute Gasteiger partial charge is 0.444 e. The Balaban J connectivity index is 1.55. The smallest absolute Gasteiger partial charge is 0.410 e. The lowest BCUT2D eigenvalue weighted by molar-refractivity contribution is 0.0202. The monoisotopic (exact) mass is 438 g/mol. The van der Waals surface area contributed by atoms with Gasteiger partial charge < -0.3 is 9.64 Å². The molecule has 0 N–H and O–H groups in total. The molecule has 0 aliphatic carbocycles. The first kappa shape index (κ1) is 22.0. The van der Waals surface area contributed by atoms with E-state index < -0.39 is 5.60 Å². The van der Waals surface area contributed by atoms with Crippen LogP contribution in [-0.2, 0) is 4.74 Å². The number of hydrogen-bond donors (Lipinski definition) is 0. The van der Waals surface area contributed by atoms with Crippen LogP contribution in [0.25, 0.3) is 0 Å². The number of nitrogens with zero attached hydrogens (tertiary/aromatic N) is 4. The molecule has 0 atom stereocenters. The van der Waals surface area contributed by atoms with E-state index in [9.17, 15) is 14.4 Å². The van der Waals surface area contributed by atoms with Crippen molar-refractivity contribution >= 4 is 23.7 Å². The van der Waals surface area contributed by atoms with Crippen LogP contribution in [0.2, 0.25) is 0 Å². The quantitative estimate of drug-likeness (QED) is 0.664. The highest BCUT2D eigenvalue weighted by atomic mass is 16.6. The molecular formula is C24H30N4O4. The minimum Gasteiger partial charge on any atom is -0.444 e. The molecule has 0 bridgehead atoms. The number of fused-ring (bicyclic) bond motifs is 1. The standard InChI is InChI=1S/C24H30N4O4/c1-15(2)28-19(16-10-12-26(13-11-16)23(31)32-24(3,4)5)14-20(25-28)27-21(29)17-8-6-7-9-18(17)22(27)30/h6-9,14-16H,10-13H2,1-5H3. The molecule has 3 amide bonds. The Morgan fingerprint density at radius 3 is 2.12 bits per heavy atom. The van der Waals surface area contributed by atoms with E-state index in [-0.39, 0.29) is 29.9 Å². The Bertz CT molecular complexity index is 1020. The highest BCUT2D eigenvalue weighted by Crippen LogP contribution is 2.35. The zero-order chi connectivity index (χ0) is 23.2. The molecule has 2 aliphatic heterocycles. The van der Waals surface area contributed by atoms with Gasteiger partial charge in [-0.1, -0.05) is 12.1 Å². The number of amides is 3. The van der Waals surface area contributed by atoms with E-state index >= 15 is 0 Å². The predicted molar refractivity (Wildman–Crippen MR) is 120 cm³/mol. The number of piperidine rings is 1. The van der Waals surface area contributed by atoms with Crippen LogP contribution in [0.1, 0.15) is 85.8 Å². The van der Waals surface area contributed by atoms with E-state index in [1.54, 1.807) is 29.2 Å². The van der Waals surface area contributed by atoms with Crippen molar-refractivity contribution in [3.8, 4) is 0 Å². The second-order valence-corrected chi connectivity index (χ2v) is 9.70. The Labute approximate surface area is 188 Å². The van der Waals surface area contributed by atoms with Crippen LogP contribution in [0.15, 0.2) is 30.3 Å². The summed E-state index contributed by atoms with van der Waals surface area (Å²) in [7, 11) is 0. The van der Waals surface area contributed by atoms with Crippen molar-refractivity contribution in [1.82, 2.24) is 14.7 Å². The Morgan fingerprint density at radius 2 is 1.62 bits per heavy atom. The molecule has 170 valence electrons. The molecule has 1 aromatic carbocycles. The number of hydrogen-bond acceptors (Lipinski definition) is 5. The van der Waals surface area contributed by atoms with Gasteiger partial charge in [-0.25, -0.2) is 9.69 Å². The first-order valence-corrected chi connectivity index (χ1v) is 11.1. The zero-order valence-corrected chi connectivity index (χ0v) is 19.3. The highest BCUT2D eigenvalue weighted by molar-refractivity contribution is 6.34. The van der Waals surface area contributed by atoms with Crippen LogP contribution in [0.3, 0.4) is 0 Å². The molecule has 1 aromatic heterocycles. The summed E-state index contributed by atoms with van der Waals surface area (Å²) in [6.07, 6.45) is 1.23. The van der Waals surface area contributed by atoms with Crippen LogP contribution < -0.4 is 4.90 Å². The van der Waals surface area contributed by atoms with Crippen molar-refractivity contribution in [3.63, 3.8) is 0 Å². The average molecular weight is 439 g/mol. The van der Waals surface area contributed by atoms with Gasteiger partial charge in [0, 0.05) is 36.8 Å². The van der Waals surface area contributed by atoms with Gasteiger partial charge in [-0.3, -0.25) is 14.3 Å². The number of benzene rings is 1. The SMILES string of the molecule is CC(C)n1nc(N2C(=O)c3ccccc3C2=O)cc1C1CCN(C(=O)OC(C)(C)C)CC1. The summed E-state index contributed by atoms with van der Waals surface area (Å²) in [6.45, 7) is 10.8. The van der Waals surface area contributed by atoms with Gasteiger partial charge in [-0.05, 0) is 59.6 Å². The number of carbonyl (C=O) groups is 3. The van der Waals surface area contributed by atoms with Crippen LogP contribution in [0, 0.1) is 0 Å².